The highest BCUT2D eigenvalue weighted by molar-refractivity contribution is 5.94. The molecule has 3 aromatic rings. The molecule has 0 fully saturated rings. The first-order chi connectivity index (χ1) is 12.1. The summed E-state index contributed by atoms with van der Waals surface area (Å²) in [5, 5.41) is 6.78. The van der Waals surface area contributed by atoms with Gasteiger partial charge in [0.25, 0.3) is 5.91 Å². The third-order valence-corrected chi connectivity index (χ3v) is 3.41. The minimum Gasteiger partial charge on any atom is -0.435 e. The third-order valence-electron chi connectivity index (χ3n) is 3.41. The number of aromatic nitrogens is 3. The lowest BCUT2D eigenvalue weighted by Crippen LogP contribution is -2.22. The molecule has 2 aromatic carbocycles. The normalized spacial score (nSPS) is 10.7. The van der Waals surface area contributed by atoms with Gasteiger partial charge < -0.3 is 10.1 Å². The van der Waals surface area contributed by atoms with Gasteiger partial charge in [0.2, 0.25) is 0 Å². The van der Waals surface area contributed by atoms with Gasteiger partial charge in [-0.15, -0.1) is 0 Å². The van der Waals surface area contributed by atoms with Crippen LogP contribution in [-0.2, 0) is 6.54 Å². The molecule has 0 aliphatic heterocycles. The van der Waals surface area contributed by atoms with Gasteiger partial charge in [0.1, 0.15) is 18.4 Å². The molecule has 0 saturated carbocycles. The SMILES string of the molecule is O=C(NCc1ccc(OC(F)F)cc1)c1ccc(-n2cncn2)cc1. The van der Waals surface area contributed by atoms with Crippen molar-refractivity contribution in [2.75, 3.05) is 0 Å². The van der Waals surface area contributed by atoms with Crippen molar-refractivity contribution < 1.29 is 18.3 Å². The molecule has 1 aromatic heterocycles. The lowest BCUT2D eigenvalue weighted by molar-refractivity contribution is -0.0498. The summed E-state index contributed by atoms with van der Waals surface area (Å²) in [5.74, 6) is -0.160. The van der Waals surface area contributed by atoms with Crippen LogP contribution in [0.1, 0.15) is 15.9 Å². The third kappa shape index (κ3) is 4.37. The number of hydrogen-bond acceptors (Lipinski definition) is 4. The van der Waals surface area contributed by atoms with E-state index in [9.17, 15) is 13.6 Å². The van der Waals surface area contributed by atoms with Crippen LogP contribution >= 0.6 is 0 Å². The predicted molar refractivity (Wildman–Crippen MR) is 85.6 cm³/mol. The molecule has 8 heteroatoms. The number of halogens is 2. The number of carbonyl (C=O) groups excluding carboxylic acids is 1. The molecule has 0 aliphatic carbocycles. The maximum Gasteiger partial charge on any atom is 0.387 e. The van der Waals surface area contributed by atoms with Gasteiger partial charge in [-0.3, -0.25) is 4.79 Å². The van der Waals surface area contributed by atoms with Crippen molar-refractivity contribution in [3.05, 3.63) is 72.3 Å². The smallest absolute Gasteiger partial charge is 0.387 e. The van der Waals surface area contributed by atoms with Gasteiger partial charge >= 0.3 is 6.61 Å². The molecule has 0 radical (unpaired) electrons. The molecule has 0 saturated heterocycles. The van der Waals surface area contributed by atoms with Crippen LogP contribution in [0.15, 0.2) is 61.2 Å². The van der Waals surface area contributed by atoms with E-state index in [1.165, 1.54) is 18.5 Å². The predicted octanol–water partition coefficient (Wildman–Crippen LogP) is 2.80. The van der Waals surface area contributed by atoms with Crippen molar-refractivity contribution in [2.24, 2.45) is 0 Å². The summed E-state index contributed by atoms with van der Waals surface area (Å²) in [6.07, 6.45) is 2.99. The molecular weight excluding hydrogens is 330 g/mol. The Morgan fingerprint density at radius 1 is 1.12 bits per heavy atom. The van der Waals surface area contributed by atoms with Gasteiger partial charge in [-0.25, -0.2) is 9.67 Å². The Kier molecular flexibility index (Phi) is 4.98. The summed E-state index contributed by atoms with van der Waals surface area (Å²) in [6, 6.07) is 13.0. The average Bonchev–Trinajstić information content (AvgIpc) is 3.15. The first-order valence-corrected chi connectivity index (χ1v) is 7.39. The highest BCUT2D eigenvalue weighted by atomic mass is 19.3. The van der Waals surface area contributed by atoms with Crippen molar-refractivity contribution in [1.82, 2.24) is 20.1 Å². The van der Waals surface area contributed by atoms with Crippen molar-refractivity contribution in [1.29, 1.82) is 0 Å². The summed E-state index contributed by atoms with van der Waals surface area (Å²) in [7, 11) is 0. The summed E-state index contributed by atoms with van der Waals surface area (Å²) in [4.78, 5) is 16.0. The Morgan fingerprint density at radius 3 is 2.44 bits per heavy atom. The lowest BCUT2D eigenvalue weighted by atomic mass is 10.1. The fourth-order valence-electron chi connectivity index (χ4n) is 2.18. The number of carbonyl (C=O) groups is 1. The molecular formula is C17H14F2N4O2. The van der Waals surface area contributed by atoms with E-state index in [1.807, 2.05) is 0 Å². The number of rotatable bonds is 6. The molecule has 0 bridgehead atoms. The molecule has 0 unspecified atom stereocenters. The van der Waals surface area contributed by atoms with Crippen LogP contribution in [0.5, 0.6) is 5.75 Å². The van der Waals surface area contributed by atoms with E-state index in [-0.39, 0.29) is 18.2 Å². The molecule has 0 spiro atoms. The van der Waals surface area contributed by atoms with Gasteiger partial charge in [0.05, 0.1) is 5.69 Å². The minimum absolute atomic E-state index is 0.0776. The summed E-state index contributed by atoms with van der Waals surface area (Å²) in [6.45, 7) is -2.58. The molecule has 0 aliphatic rings. The van der Waals surface area contributed by atoms with Crippen molar-refractivity contribution in [3.8, 4) is 11.4 Å². The Bertz CT molecular complexity index is 819. The molecule has 6 nitrogen and oxygen atoms in total. The monoisotopic (exact) mass is 344 g/mol. The molecule has 1 heterocycles. The zero-order valence-electron chi connectivity index (χ0n) is 13.0. The van der Waals surface area contributed by atoms with Crippen LogP contribution in [-0.4, -0.2) is 27.3 Å². The Balaban J connectivity index is 1.57. The quantitative estimate of drug-likeness (QED) is 0.747. The number of hydrogen-bond donors (Lipinski definition) is 1. The fourth-order valence-corrected chi connectivity index (χ4v) is 2.18. The number of nitrogens with zero attached hydrogens (tertiary/aromatic N) is 3. The Morgan fingerprint density at radius 2 is 1.84 bits per heavy atom. The van der Waals surface area contributed by atoms with E-state index in [4.69, 9.17) is 0 Å². The maximum absolute atomic E-state index is 12.2. The topological polar surface area (TPSA) is 69.0 Å². The standard InChI is InChI=1S/C17H14F2N4O2/c18-17(19)25-15-7-1-12(2-8-15)9-21-16(24)13-3-5-14(6-4-13)23-11-20-10-22-23/h1-8,10-11,17H,9H2,(H,21,24). The summed E-state index contributed by atoms with van der Waals surface area (Å²) >= 11 is 0. The first-order valence-electron chi connectivity index (χ1n) is 7.39. The highest BCUT2D eigenvalue weighted by Crippen LogP contribution is 2.15. The Labute approximate surface area is 142 Å². The zero-order chi connectivity index (χ0) is 17.6. The average molecular weight is 344 g/mol. The van der Waals surface area contributed by atoms with Crippen LogP contribution in [0, 0.1) is 0 Å². The summed E-state index contributed by atoms with van der Waals surface area (Å²) in [5.41, 5.74) is 2.07. The maximum atomic E-state index is 12.2. The van der Waals surface area contributed by atoms with E-state index in [0.29, 0.717) is 5.56 Å². The number of ether oxygens (including phenoxy) is 1. The van der Waals surface area contributed by atoms with E-state index < -0.39 is 6.61 Å². The Hall–Kier alpha value is -3.29. The molecule has 1 N–H and O–H groups in total. The van der Waals surface area contributed by atoms with Crippen LogP contribution in [0.4, 0.5) is 8.78 Å². The lowest BCUT2D eigenvalue weighted by Gasteiger charge is -2.08. The number of amides is 1. The largest absolute Gasteiger partial charge is 0.435 e. The fraction of sp³-hybridized carbons (Fsp3) is 0.118. The van der Waals surface area contributed by atoms with Gasteiger partial charge in [0, 0.05) is 12.1 Å². The van der Waals surface area contributed by atoms with Crippen LogP contribution in [0.3, 0.4) is 0 Å². The van der Waals surface area contributed by atoms with Crippen molar-refractivity contribution in [3.63, 3.8) is 0 Å². The van der Waals surface area contributed by atoms with Gasteiger partial charge in [0.15, 0.2) is 0 Å². The number of benzene rings is 2. The van der Waals surface area contributed by atoms with Crippen LogP contribution in [0.25, 0.3) is 5.69 Å². The van der Waals surface area contributed by atoms with Crippen LogP contribution < -0.4 is 10.1 Å². The van der Waals surface area contributed by atoms with Gasteiger partial charge in [-0.2, -0.15) is 13.9 Å². The van der Waals surface area contributed by atoms with Crippen molar-refractivity contribution in [2.45, 2.75) is 13.2 Å². The second kappa shape index (κ2) is 7.52. The van der Waals surface area contributed by atoms with Crippen molar-refractivity contribution >= 4 is 5.91 Å². The van der Waals surface area contributed by atoms with Gasteiger partial charge in [-0.05, 0) is 42.0 Å². The second-order valence-electron chi connectivity index (χ2n) is 5.09. The summed E-state index contributed by atoms with van der Waals surface area (Å²) < 4.78 is 30.0. The van der Waals surface area contributed by atoms with E-state index in [1.54, 1.807) is 47.4 Å². The molecule has 1 amide bonds. The second-order valence-corrected chi connectivity index (χ2v) is 5.09. The molecule has 25 heavy (non-hydrogen) atoms. The minimum atomic E-state index is -2.86. The number of alkyl halides is 2. The highest BCUT2D eigenvalue weighted by Gasteiger charge is 2.07. The van der Waals surface area contributed by atoms with E-state index in [0.717, 1.165) is 11.3 Å². The van der Waals surface area contributed by atoms with E-state index >= 15 is 0 Å². The number of nitrogens with one attached hydrogen (secondary N) is 1. The first kappa shape index (κ1) is 16.6. The molecule has 128 valence electrons. The van der Waals surface area contributed by atoms with Gasteiger partial charge in [-0.1, -0.05) is 12.1 Å². The van der Waals surface area contributed by atoms with Crippen LogP contribution in [0.2, 0.25) is 0 Å². The molecule has 3 rings (SSSR count). The van der Waals surface area contributed by atoms with E-state index in [2.05, 4.69) is 20.1 Å². The zero-order valence-corrected chi connectivity index (χ0v) is 13.0. The molecule has 0 atom stereocenters.